The Hall–Kier alpha value is -1.77. The third-order valence-electron chi connectivity index (χ3n) is 3.87. The van der Waals surface area contributed by atoms with E-state index in [0.29, 0.717) is 11.8 Å². The minimum Gasteiger partial charge on any atom is -0.493 e. The fourth-order valence-electron chi connectivity index (χ4n) is 2.58. The molecule has 0 atom stereocenters. The first-order valence-corrected chi connectivity index (χ1v) is 7.81. The van der Waals surface area contributed by atoms with Gasteiger partial charge < -0.3 is 5.11 Å². The third-order valence-corrected chi connectivity index (χ3v) is 3.87. The largest absolute Gasteiger partial charge is 0.493 e. The van der Waals surface area contributed by atoms with Crippen molar-refractivity contribution >= 4 is 0 Å². The second-order valence-corrected chi connectivity index (χ2v) is 6.28. The second-order valence-electron chi connectivity index (χ2n) is 6.28. The van der Waals surface area contributed by atoms with Crippen LogP contribution < -0.4 is 0 Å². The van der Waals surface area contributed by atoms with Crippen LogP contribution in [0.2, 0.25) is 0 Å². The summed E-state index contributed by atoms with van der Waals surface area (Å²) in [6.07, 6.45) is 2.81. The van der Waals surface area contributed by atoms with Crippen molar-refractivity contribution in [2.24, 2.45) is 5.92 Å². The van der Waals surface area contributed by atoms with Crippen molar-refractivity contribution in [3.8, 4) is 11.6 Å². The summed E-state index contributed by atoms with van der Waals surface area (Å²) in [5.74, 6) is 0.805. The van der Waals surface area contributed by atoms with E-state index in [1.54, 1.807) is 4.68 Å². The van der Waals surface area contributed by atoms with Crippen LogP contribution in [0.5, 0.6) is 5.88 Å². The maximum absolute atomic E-state index is 10.6. The molecule has 114 valence electrons. The van der Waals surface area contributed by atoms with E-state index in [-0.39, 0.29) is 0 Å². The Balaban J connectivity index is 2.50. The lowest BCUT2D eigenvalue weighted by atomic mass is 10.0. The van der Waals surface area contributed by atoms with Gasteiger partial charge in [-0.05, 0) is 55.9 Å². The van der Waals surface area contributed by atoms with Crippen molar-refractivity contribution in [3.05, 3.63) is 40.6 Å². The van der Waals surface area contributed by atoms with E-state index < -0.39 is 0 Å². The molecule has 0 fully saturated rings. The van der Waals surface area contributed by atoms with Crippen molar-refractivity contribution in [3.63, 3.8) is 0 Å². The van der Waals surface area contributed by atoms with Crippen LogP contribution in [0, 0.1) is 19.8 Å². The minimum absolute atomic E-state index is 0.301. The molecule has 0 radical (unpaired) electrons. The van der Waals surface area contributed by atoms with E-state index in [0.717, 1.165) is 36.2 Å². The number of hydrogen-bond donors (Lipinski definition) is 1. The molecule has 3 nitrogen and oxygen atoms in total. The molecule has 0 amide bonds. The number of aromatic hydroxyl groups is 1. The van der Waals surface area contributed by atoms with E-state index in [1.165, 1.54) is 11.1 Å². The van der Waals surface area contributed by atoms with Crippen LogP contribution in [0.3, 0.4) is 0 Å². The first kappa shape index (κ1) is 15.6. The van der Waals surface area contributed by atoms with E-state index in [1.807, 2.05) is 6.07 Å². The van der Waals surface area contributed by atoms with Gasteiger partial charge in [0.25, 0.3) is 0 Å². The summed E-state index contributed by atoms with van der Waals surface area (Å²) < 4.78 is 1.69. The number of benzene rings is 1. The lowest BCUT2D eigenvalue weighted by molar-refractivity contribution is 0.424. The molecule has 0 aliphatic rings. The van der Waals surface area contributed by atoms with E-state index in [4.69, 9.17) is 0 Å². The fourth-order valence-corrected chi connectivity index (χ4v) is 2.58. The molecular formula is C18H26N2O. The zero-order valence-electron chi connectivity index (χ0n) is 13.8. The lowest BCUT2D eigenvalue weighted by Crippen LogP contribution is -1.98. The van der Waals surface area contributed by atoms with Crippen LogP contribution in [0.15, 0.2) is 18.2 Å². The molecule has 1 aromatic carbocycles. The van der Waals surface area contributed by atoms with Gasteiger partial charge >= 0.3 is 0 Å². The predicted molar refractivity (Wildman–Crippen MR) is 87.2 cm³/mol. The average Bonchev–Trinajstić information content (AvgIpc) is 2.71. The second kappa shape index (κ2) is 6.33. The van der Waals surface area contributed by atoms with Gasteiger partial charge in [-0.25, -0.2) is 4.68 Å². The highest BCUT2D eigenvalue weighted by Crippen LogP contribution is 2.28. The van der Waals surface area contributed by atoms with Gasteiger partial charge in [0.2, 0.25) is 5.88 Å². The summed E-state index contributed by atoms with van der Waals surface area (Å²) in [5.41, 5.74) is 5.43. The summed E-state index contributed by atoms with van der Waals surface area (Å²) >= 11 is 0. The highest BCUT2D eigenvalue weighted by molar-refractivity contribution is 5.44. The van der Waals surface area contributed by atoms with Crippen molar-refractivity contribution in [1.82, 2.24) is 9.78 Å². The van der Waals surface area contributed by atoms with Crippen LogP contribution in [-0.4, -0.2) is 14.9 Å². The Morgan fingerprint density at radius 1 is 1.19 bits per heavy atom. The maximum Gasteiger partial charge on any atom is 0.217 e. The van der Waals surface area contributed by atoms with Crippen molar-refractivity contribution in [1.29, 1.82) is 0 Å². The lowest BCUT2D eigenvalue weighted by Gasteiger charge is -2.07. The van der Waals surface area contributed by atoms with Gasteiger partial charge in [-0.3, -0.25) is 0 Å². The topological polar surface area (TPSA) is 38.0 Å². The molecule has 1 aromatic heterocycles. The summed E-state index contributed by atoms with van der Waals surface area (Å²) in [4.78, 5) is 0. The number of nitrogens with zero attached hydrogens (tertiary/aromatic N) is 2. The Labute approximate surface area is 127 Å². The van der Waals surface area contributed by atoms with Crippen LogP contribution >= 0.6 is 0 Å². The molecule has 2 aromatic rings. The molecule has 0 aliphatic carbocycles. The van der Waals surface area contributed by atoms with Crippen molar-refractivity contribution in [2.45, 2.75) is 53.9 Å². The van der Waals surface area contributed by atoms with E-state index >= 15 is 0 Å². The Kier molecular flexibility index (Phi) is 4.71. The quantitative estimate of drug-likeness (QED) is 0.887. The van der Waals surface area contributed by atoms with Crippen LogP contribution in [0.25, 0.3) is 5.69 Å². The monoisotopic (exact) mass is 286 g/mol. The highest BCUT2D eigenvalue weighted by atomic mass is 16.3. The van der Waals surface area contributed by atoms with E-state index in [2.05, 4.69) is 51.9 Å². The molecule has 0 bridgehead atoms. The number of hydrogen-bond acceptors (Lipinski definition) is 2. The highest BCUT2D eigenvalue weighted by Gasteiger charge is 2.18. The Bertz CT molecular complexity index is 626. The van der Waals surface area contributed by atoms with Crippen LogP contribution in [-0.2, 0) is 12.8 Å². The first-order chi connectivity index (χ1) is 9.93. The summed E-state index contributed by atoms with van der Waals surface area (Å²) in [6.45, 7) is 10.7. The average molecular weight is 286 g/mol. The number of aromatic nitrogens is 2. The van der Waals surface area contributed by atoms with Gasteiger partial charge in [0.05, 0.1) is 11.4 Å². The van der Waals surface area contributed by atoms with Crippen LogP contribution in [0.4, 0.5) is 0 Å². The zero-order valence-corrected chi connectivity index (χ0v) is 13.8. The molecular weight excluding hydrogens is 260 g/mol. The van der Waals surface area contributed by atoms with Gasteiger partial charge in [0, 0.05) is 5.56 Å². The summed E-state index contributed by atoms with van der Waals surface area (Å²) in [5, 5.41) is 15.3. The maximum atomic E-state index is 10.6. The zero-order chi connectivity index (χ0) is 15.6. The summed E-state index contributed by atoms with van der Waals surface area (Å²) in [7, 11) is 0. The molecule has 0 spiro atoms. The van der Waals surface area contributed by atoms with Crippen molar-refractivity contribution < 1.29 is 5.11 Å². The molecule has 0 aliphatic heterocycles. The molecule has 1 heterocycles. The van der Waals surface area contributed by atoms with Crippen LogP contribution in [0.1, 0.15) is 49.6 Å². The summed E-state index contributed by atoms with van der Waals surface area (Å²) in [6, 6.07) is 6.17. The number of aryl methyl sites for hydroxylation is 3. The third kappa shape index (κ3) is 3.29. The smallest absolute Gasteiger partial charge is 0.217 e. The minimum atomic E-state index is 0.301. The van der Waals surface area contributed by atoms with E-state index in [9.17, 15) is 5.11 Å². The normalized spacial score (nSPS) is 11.3. The standard InChI is InChI=1S/C18H26N2O/c1-6-7-17-16(10-12(2)3)18(21)20(19-17)15-9-8-13(4)14(5)11-15/h8-9,11-12,21H,6-7,10H2,1-5H3. The van der Waals surface area contributed by atoms with Crippen molar-refractivity contribution in [2.75, 3.05) is 0 Å². The SMILES string of the molecule is CCCc1nn(-c2ccc(C)c(C)c2)c(O)c1CC(C)C. The Morgan fingerprint density at radius 2 is 1.90 bits per heavy atom. The fraction of sp³-hybridized carbons (Fsp3) is 0.500. The Morgan fingerprint density at radius 3 is 2.48 bits per heavy atom. The molecule has 1 N–H and O–H groups in total. The molecule has 21 heavy (non-hydrogen) atoms. The van der Waals surface area contributed by atoms with Gasteiger partial charge in [0.1, 0.15) is 0 Å². The van der Waals surface area contributed by atoms with Gasteiger partial charge in [0.15, 0.2) is 0 Å². The molecule has 2 rings (SSSR count). The molecule has 0 saturated heterocycles. The van der Waals surface area contributed by atoms with Gasteiger partial charge in [-0.15, -0.1) is 0 Å². The molecule has 0 unspecified atom stereocenters. The molecule has 0 saturated carbocycles. The van der Waals surface area contributed by atoms with Gasteiger partial charge in [-0.2, -0.15) is 5.10 Å². The van der Waals surface area contributed by atoms with Gasteiger partial charge in [-0.1, -0.05) is 33.3 Å². The first-order valence-electron chi connectivity index (χ1n) is 7.81. The predicted octanol–water partition coefficient (Wildman–Crippen LogP) is 4.35. The number of rotatable bonds is 5. The molecule has 3 heteroatoms.